The summed E-state index contributed by atoms with van der Waals surface area (Å²) in [6.45, 7) is 3.75. The minimum atomic E-state index is -0.310. The molecule has 8 heteroatoms. The number of halogens is 1. The Morgan fingerprint density at radius 3 is 2.67 bits per heavy atom. The van der Waals surface area contributed by atoms with Crippen molar-refractivity contribution in [2.24, 2.45) is 0 Å². The van der Waals surface area contributed by atoms with Gasteiger partial charge in [-0.05, 0) is 44.2 Å². The number of nitrogen functional groups attached to an aromatic ring is 1. The average Bonchev–Trinajstić information content (AvgIpc) is 2.95. The van der Waals surface area contributed by atoms with Crippen LogP contribution in [0.3, 0.4) is 0 Å². The molecule has 0 aliphatic rings. The molecular weight excluding hydrogens is 365 g/mol. The van der Waals surface area contributed by atoms with E-state index in [1.54, 1.807) is 12.1 Å². The molecule has 0 aliphatic carbocycles. The molecule has 3 aromatic rings. The molecule has 27 heavy (non-hydrogen) atoms. The van der Waals surface area contributed by atoms with Crippen LogP contribution in [0.2, 0.25) is 0 Å². The normalized spacial score (nSPS) is 10.6. The van der Waals surface area contributed by atoms with Crippen LogP contribution in [0, 0.1) is 31.0 Å². The highest BCUT2D eigenvalue weighted by molar-refractivity contribution is 7.99. The molecule has 0 saturated carbocycles. The van der Waals surface area contributed by atoms with Gasteiger partial charge in [-0.15, -0.1) is 0 Å². The molecule has 0 atom stereocenters. The maximum absolute atomic E-state index is 13.2. The summed E-state index contributed by atoms with van der Waals surface area (Å²) >= 11 is 1.16. The van der Waals surface area contributed by atoms with Crippen LogP contribution in [0.4, 0.5) is 10.2 Å². The molecule has 0 saturated heterocycles. The molecule has 3 rings (SSSR count). The first-order chi connectivity index (χ1) is 12.9. The van der Waals surface area contributed by atoms with Gasteiger partial charge in [-0.2, -0.15) is 5.26 Å². The van der Waals surface area contributed by atoms with Crippen molar-refractivity contribution in [3.63, 3.8) is 0 Å². The molecule has 2 aromatic heterocycles. The van der Waals surface area contributed by atoms with Gasteiger partial charge in [-0.3, -0.25) is 4.79 Å². The Hall–Kier alpha value is -3.18. The van der Waals surface area contributed by atoms with E-state index < -0.39 is 0 Å². The smallest absolute Gasteiger partial charge is 0.189 e. The molecule has 0 radical (unpaired) electrons. The van der Waals surface area contributed by atoms with Gasteiger partial charge >= 0.3 is 0 Å². The number of benzene rings is 1. The number of Topliss-reactive ketones (excluding diaryl/α,β-unsaturated/α-hetero) is 1. The zero-order chi connectivity index (χ0) is 19.6. The maximum Gasteiger partial charge on any atom is 0.189 e. The lowest BCUT2D eigenvalue weighted by Crippen LogP contribution is -2.06. The Bertz CT molecular complexity index is 1050. The summed E-state index contributed by atoms with van der Waals surface area (Å²) in [6.07, 6.45) is 1.34. The van der Waals surface area contributed by atoms with E-state index >= 15 is 0 Å². The van der Waals surface area contributed by atoms with Crippen LogP contribution in [-0.4, -0.2) is 26.1 Å². The number of aryl methyl sites for hydroxylation is 1. The number of hydrogen-bond acceptors (Lipinski definition) is 6. The monoisotopic (exact) mass is 381 g/mol. The van der Waals surface area contributed by atoms with E-state index in [4.69, 9.17) is 11.0 Å². The second-order valence-electron chi connectivity index (χ2n) is 5.87. The van der Waals surface area contributed by atoms with E-state index in [0.717, 1.165) is 28.8 Å². The molecule has 2 heterocycles. The van der Waals surface area contributed by atoms with Gasteiger partial charge in [0.15, 0.2) is 10.9 Å². The highest BCUT2D eigenvalue weighted by atomic mass is 32.2. The van der Waals surface area contributed by atoms with Crippen molar-refractivity contribution in [1.29, 1.82) is 5.26 Å². The molecule has 0 aliphatic heterocycles. The lowest BCUT2D eigenvalue weighted by atomic mass is 10.2. The second kappa shape index (κ2) is 7.60. The first kappa shape index (κ1) is 18.6. The van der Waals surface area contributed by atoms with E-state index in [0.29, 0.717) is 10.7 Å². The average molecular weight is 381 g/mol. The number of hydrogen-bond donors (Lipinski definition) is 1. The minimum Gasteiger partial charge on any atom is -0.382 e. The van der Waals surface area contributed by atoms with Gasteiger partial charge in [0.05, 0.1) is 11.9 Å². The molecule has 0 unspecified atom stereocenters. The van der Waals surface area contributed by atoms with Gasteiger partial charge in [0, 0.05) is 22.6 Å². The third kappa shape index (κ3) is 3.83. The third-order valence-corrected chi connectivity index (χ3v) is 4.93. The zero-order valence-electron chi connectivity index (χ0n) is 14.7. The zero-order valence-corrected chi connectivity index (χ0v) is 15.5. The van der Waals surface area contributed by atoms with Crippen molar-refractivity contribution in [1.82, 2.24) is 14.5 Å². The summed E-state index contributed by atoms with van der Waals surface area (Å²) in [5.41, 5.74) is 8.92. The Labute approximate surface area is 159 Å². The fraction of sp³-hybridized carbons (Fsp3) is 0.158. The quantitative estimate of drug-likeness (QED) is 0.413. The molecule has 1 aromatic carbocycles. The highest BCUT2D eigenvalue weighted by Gasteiger charge is 2.17. The van der Waals surface area contributed by atoms with E-state index in [9.17, 15) is 9.18 Å². The van der Waals surface area contributed by atoms with E-state index in [2.05, 4.69) is 9.97 Å². The van der Waals surface area contributed by atoms with Crippen molar-refractivity contribution >= 4 is 23.4 Å². The second-order valence-corrected chi connectivity index (χ2v) is 6.81. The van der Waals surface area contributed by atoms with Gasteiger partial charge in [0.2, 0.25) is 0 Å². The van der Waals surface area contributed by atoms with Crippen LogP contribution in [0.15, 0.2) is 41.7 Å². The number of rotatable bonds is 5. The Kier molecular flexibility index (Phi) is 5.23. The van der Waals surface area contributed by atoms with Crippen LogP contribution in [0.25, 0.3) is 5.69 Å². The molecule has 0 amide bonds. The molecule has 0 bridgehead atoms. The summed E-state index contributed by atoms with van der Waals surface area (Å²) in [5.74, 6) is -0.153. The number of aromatic nitrogens is 3. The van der Waals surface area contributed by atoms with Crippen LogP contribution in [-0.2, 0) is 0 Å². The number of ketones is 1. The maximum atomic E-state index is 13.2. The van der Waals surface area contributed by atoms with Gasteiger partial charge in [0.1, 0.15) is 23.3 Å². The first-order valence-electron chi connectivity index (χ1n) is 8.04. The topological polar surface area (TPSA) is 97.6 Å². The lowest BCUT2D eigenvalue weighted by Gasteiger charge is -2.09. The SMILES string of the molecule is Cc1cc(C(=O)CSc2ncc(C#N)c(N)n2)c(C)n1-c1ccc(F)cc1. The molecule has 2 N–H and O–H groups in total. The number of carbonyl (C=O) groups excluding carboxylic acids is 1. The van der Waals surface area contributed by atoms with Gasteiger partial charge in [-0.25, -0.2) is 14.4 Å². The Morgan fingerprint density at radius 2 is 2.04 bits per heavy atom. The lowest BCUT2D eigenvalue weighted by molar-refractivity contribution is 0.102. The number of nitrogens with two attached hydrogens (primary N) is 1. The van der Waals surface area contributed by atoms with Crippen molar-refractivity contribution in [3.8, 4) is 11.8 Å². The number of anilines is 1. The Balaban J connectivity index is 1.80. The van der Waals surface area contributed by atoms with Crippen LogP contribution in [0.1, 0.15) is 27.3 Å². The van der Waals surface area contributed by atoms with Crippen LogP contribution >= 0.6 is 11.8 Å². The summed E-state index contributed by atoms with van der Waals surface area (Å²) in [5, 5.41) is 9.19. The van der Waals surface area contributed by atoms with Crippen molar-refractivity contribution in [3.05, 3.63) is 64.9 Å². The Morgan fingerprint density at radius 1 is 1.33 bits per heavy atom. The van der Waals surface area contributed by atoms with Crippen LogP contribution in [0.5, 0.6) is 0 Å². The standard InChI is InChI=1S/C19H16FN5OS/c1-11-7-16(12(2)25(11)15-5-3-14(20)4-6-15)17(26)10-27-19-23-9-13(8-21)18(22)24-19/h3-7,9H,10H2,1-2H3,(H2,22,23,24). The highest BCUT2D eigenvalue weighted by Crippen LogP contribution is 2.24. The minimum absolute atomic E-state index is 0.0759. The number of carbonyl (C=O) groups is 1. The molecule has 6 nitrogen and oxygen atoms in total. The molecule has 0 spiro atoms. The van der Waals surface area contributed by atoms with E-state index in [-0.39, 0.29) is 28.7 Å². The van der Waals surface area contributed by atoms with Crippen molar-refractivity contribution in [2.75, 3.05) is 11.5 Å². The molecular formula is C19H16FN5OS. The van der Waals surface area contributed by atoms with E-state index in [1.807, 2.05) is 30.6 Å². The summed E-state index contributed by atoms with van der Waals surface area (Å²) in [6, 6.07) is 9.83. The number of nitriles is 1. The van der Waals surface area contributed by atoms with Gasteiger partial charge in [-0.1, -0.05) is 11.8 Å². The molecule has 0 fully saturated rings. The van der Waals surface area contributed by atoms with Gasteiger partial charge in [0.25, 0.3) is 0 Å². The van der Waals surface area contributed by atoms with Gasteiger partial charge < -0.3 is 10.3 Å². The van der Waals surface area contributed by atoms with Crippen molar-refractivity contribution in [2.45, 2.75) is 19.0 Å². The third-order valence-electron chi connectivity index (χ3n) is 4.07. The largest absolute Gasteiger partial charge is 0.382 e. The summed E-state index contributed by atoms with van der Waals surface area (Å²) in [7, 11) is 0. The predicted octanol–water partition coefficient (Wildman–Crippen LogP) is 3.45. The fourth-order valence-electron chi connectivity index (χ4n) is 2.77. The number of nitrogens with zero attached hydrogens (tertiary/aromatic N) is 4. The van der Waals surface area contributed by atoms with E-state index in [1.165, 1.54) is 18.3 Å². The molecule has 136 valence electrons. The summed E-state index contributed by atoms with van der Waals surface area (Å²) < 4.78 is 15.1. The summed E-state index contributed by atoms with van der Waals surface area (Å²) in [4.78, 5) is 20.7. The fourth-order valence-corrected chi connectivity index (χ4v) is 3.48. The number of thioether (sulfide) groups is 1. The van der Waals surface area contributed by atoms with Crippen LogP contribution < -0.4 is 5.73 Å². The predicted molar refractivity (Wildman–Crippen MR) is 101 cm³/mol. The van der Waals surface area contributed by atoms with Crippen molar-refractivity contribution < 1.29 is 9.18 Å². The first-order valence-corrected chi connectivity index (χ1v) is 9.02.